The summed E-state index contributed by atoms with van der Waals surface area (Å²) < 4.78 is 17.6. The summed E-state index contributed by atoms with van der Waals surface area (Å²) in [5.41, 5.74) is 4.68. The van der Waals surface area contributed by atoms with Gasteiger partial charge in [0.25, 0.3) is 0 Å². The maximum Gasteiger partial charge on any atom is 0.245 e. The van der Waals surface area contributed by atoms with Gasteiger partial charge in [-0.15, -0.1) is 0 Å². The highest BCUT2D eigenvalue weighted by atomic mass is 35.5. The number of nitrogens with zero attached hydrogens (tertiary/aromatic N) is 5. The average molecular weight is 384 g/mol. The molecule has 27 heavy (non-hydrogen) atoms. The van der Waals surface area contributed by atoms with Gasteiger partial charge < -0.3 is 5.32 Å². The zero-order valence-corrected chi connectivity index (χ0v) is 14.4. The van der Waals surface area contributed by atoms with E-state index in [1.807, 2.05) is 6.07 Å². The van der Waals surface area contributed by atoms with Crippen molar-refractivity contribution in [3.05, 3.63) is 64.9 Å². The molecule has 2 N–H and O–H groups in total. The highest BCUT2D eigenvalue weighted by molar-refractivity contribution is 6.30. The first kappa shape index (κ1) is 16.9. The van der Waals surface area contributed by atoms with Crippen molar-refractivity contribution >= 4 is 46.4 Å². The Kier molecular flexibility index (Phi) is 4.58. The normalized spacial score (nSPS) is 11.2. The van der Waals surface area contributed by atoms with Crippen LogP contribution < -0.4 is 10.7 Å². The summed E-state index contributed by atoms with van der Waals surface area (Å²) in [4.78, 5) is 8.62. The van der Waals surface area contributed by atoms with E-state index in [0.717, 1.165) is 0 Å². The summed E-state index contributed by atoms with van der Waals surface area (Å²) in [6, 6.07) is 13.0. The van der Waals surface area contributed by atoms with Gasteiger partial charge in [-0.1, -0.05) is 29.8 Å². The summed E-state index contributed by atoms with van der Waals surface area (Å²) in [7, 11) is 0. The monoisotopic (exact) mass is 383 g/mol. The highest BCUT2D eigenvalue weighted by Crippen LogP contribution is 2.25. The zero-order chi connectivity index (χ0) is 18.6. The van der Waals surface area contributed by atoms with E-state index in [1.54, 1.807) is 30.3 Å². The Balaban J connectivity index is 1.62. The molecule has 0 saturated heterocycles. The Morgan fingerprint density at radius 3 is 2.48 bits per heavy atom. The van der Waals surface area contributed by atoms with Gasteiger partial charge in [-0.3, -0.25) is 5.43 Å². The minimum atomic E-state index is -0.317. The molecular formula is C17H11ClFN7O. The molecule has 0 bridgehead atoms. The first-order chi connectivity index (χ1) is 13.2. The number of hydrogen-bond donors (Lipinski definition) is 2. The second-order valence-electron chi connectivity index (χ2n) is 5.39. The number of anilines is 3. The average Bonchev–Trinajstić information content (AvgIpc) is 3.11. The van der Waals surface area contributed by atoms with Crippen LogP contribution in [0.2, 0.25) is 5.02 Å². The molecule has 0 radical (unpaired) electrons. The Morgan fingerprint density at radius 1 is 1.00 bits per heavy atom. The van der Waals surface area contributed by atoms with Crippen molar-refractivity contribution in [1.82, 2.24) is 20.3 Å². The van der Waals surface area contributed by atoms with Gasteiger partial charge in [-0.2, -0.15) is 10.1 Å². The van der Waals surface area contributed by atoms with Crippen molar-refractivity contribution in [3.8, 4) is 0 Å². The van der Waals surface area contributed by atoms with Crippen molar-refractivity contribution in [1.29, 1.82) is 0 Å². The molecule has 10 heteroatoms. The molecule has 2 aromatic carbocycles. The fourth-order valence-electron chi connectivity index (χ4n) is 2.22. The fourth-order valence-corrected chi connectivity index (χ4v) is 2.41. The standard InChI is InChI=1S/C17H11ClFN7O/c18-11-2-1-3-13(8-11)21-14-15(23-17-16(22-14)25-27-26-17)24-20-9-10-4-6-12(19)7-5-10/h1-9H,(H,21,22,25)(H,23,24,26)/b20-9-. The molecule has 8 nitrogen and oxygen atoms in total. The molecule has 0 aliphatic rings. The predicted octanol–water partition coefficient (Wildman–Crippen LogP) is 3.99. The van der Waals surface area contributed by atoms with Gasteiger partial charge in [0, 0.05) is 10.7 Å². The van der Waals surface area contributed by atoms with Crippen molar-refractivity contribution in [2.75, 3.05) is 10.7 Å². The molecule has 0 saturated carbocycles. The van der Waals surface area contributed by atoms with Gasteiger partial charge >= 0.3 is 0 Å². The number of halogens is 2. The van der Waals surface area contributed by atoms with E-state index in [9.17, 15) is 4.39 Å². The van der Waals surface area contributed by atoms with Crippen LogP contribution in [-0.4, -0.2) is 26.5 Å². The van der Waals surface area contributed by atoms with Gasteiger partial charge in [-0.25, -0.2) is 14.0 Å². The molecule has 0 unspecified atom stereocenters. The molecule has 4 rings (SSSR count). The van der Waals surface area contributed by atoms with Crippen LogP contribution in [0.15, 0.2) is 58.3 Å². The van der Waals surface area contributed by atoms with Crippen molar-refractivity contribution in [3.63, 3.8) is 0 Å². The van der Waals surface area contributed by atoms with Crippen LogP contribution in [0, 0.1) is 5.82 Å². The van der Waals surface area contributed by atoms with E-state index in [1.165, 1.54) is 18.3 Å². The first-order valence-electron chi connectivity index (χ1n) is 7.75. The molecule has 2 aromatic heterocycles. The minimum absolute atomic E-state index is 0.228. The van der Waals surface area contributed by atoms with E-state index in [-0.39, 0.29) is 17.1 Å². The van der Waals surface area contributed by atoms with Crippen LogP contribution in [0.4, 0.5) is 21.7 Å². The van der Waals surface area contributed by atoms with Crippen LogP contribution in [0.25, 0.3) is 11.3 Å². The van der Waals surface area contributed by atoms with Gasteiger partial charge in [-0.05, 0) is 46.2 Å². The lowest BCUT2D eigenvalue weighted by Crippen LogP contribution is -2.03. The zero-order valence-electron chi connectivity index (χ0n) is 13.6. The van der Waals surface area contributed by atoms with Gasteiger partial charge in [0.2, 0.25) is 11.3 Å². The highest BCUT2D eigenvalue weighted by Gasteiger charge is 2.12. The summed E-state index contributed by atoms with van der Waals surface area (Å²) >= 11 is 6.01. The lowest BCUT2D eigenvalue weighted by molar-refractivity contribution is 0.314. The topological polar surface area (TPSA) is 101 Å². The summed E-state index contributed by atoms with van der Waals surface area (Å²) in [5, 5.41) is 15.1. The summed E-state index contributed by atoms with van der Waals surface area (Å²) in [6.07, 6.45) is 1.52. The Morgan fingerprint density at radius 2 is 1.74 bits per heavy atom. The van der Waals surface area contributed by atoms with E-state index >= 15 is 0 Å². The molecular weight excluding hydrogens is 373 g/mol. The smallest absolute Gasteiger partial charge is 0.245 e. The van der Waals surface area contributed by atoms with Crippen LogP contribution in [-0.2, 0) is 0 Å². The van der Waals surface area contributed by atoms with Crippen LogP contribution in [0.1, 0.15) is 5.56 Å². The van der Waals surface area contributed by atoms with Crippen LogP contribution in [0.5, 0.6) is 0 Å². The number of aromatic nitrogens is 4. The SMILES string of the molecule is Fc1ccc(/C=N\Nc2nc3nonc3nc2Nc2cccc(Cl)c2)cc1. The van der Waals surface area contributed by atoms with E-state index in [2.05, 4.69) is 40.8 Å². The third-order valence-electron chi connectivity index (χ3n) is 3.46. The van der Waals surface area contributed by atoms with E-state index in [0.29, 0.717) is 27.9 Å². The lowest BCUT2D eigenvalue weighted by atomic mass is 10.2. The molecule has 0 atom stereocenters. The second kappa shape index (κ2) is 7.34. The fraction of sp³-hybridized carbons (Fsp3) is 0. The number of hydrazone groups is 1. The first-order valence-corrected chi connectivity index (χ1v) is 8.13. The lowest BCUT2D eigenvalue weighted by Gasteiger charge is -2.09. The summed E-state index contributed by atoms with van der Waals surface area (Å²) in [5.74, 6) is 0.344. The van der Waals surface area contributed by atoms with Gasteiger partial charge in [0.1, 0.15) is 5.82 Å². The van der Waals surface area contributed by atoms with Crippen molar-refractivity contribution in [2.24, 2.45) is 5.10 Å². The maximum absolute atomic E-state index is 13.0. The van der Waals surface area contributed by atoms with Crippen molar-refractivity contribution in [2.45, 2.75) is 0 Å². The van der Waals surface area contributed by atoms with Crippen LogP contribution >= 0.6 is 11.6 Å². The summed E-state index contributed by atoms with van der Waals surface area (Å²) in [6.45, 7) is 0. The maximum atomic E-state index is 13.0. The molecule has 0 fully saturated rings. The van der Waals surface area contributed by atoms with Gasteiger partial charge in [0.05, 0.1) is 6.21 Å². The van der Waals surface area contributed by atoms with Gasteiger partial charge in [0.15, 0.2) is 11.6 Å². The molecule has 0 aliphatic heterocycles. The molecule has 0 amide bonds. The molecule has 4 aromatic rings. The quantitative estimate of drug-likeness (QED) is 0.397. The molecule has 2 heterocycles. The third kappa shape index (κ3) is 3.98. The van der Waals surface area contributed by atoms with E-state index in [4.69, 9.17) is 11.6 Å². The molecule has 0 aliphatic carbocycles. The number of fused-ring (bicyclic) bond motifs is 1. The van der Waals surface area contributed by atoms with E-state index < -0.39 is 0 Å². The largest absolute Gasteiger partial charge is 0.337 e. The number of nitrogens with one attached hydrogen (secondary N) is 2. The number of rotatable bonds is 5. The predicted molar refractivity (Wildman–Crippen MR) is 99.7 cm³/mol. The molecule has 134 valence electrons. The number of hydrogen-bond acceptors (Lipinski definition) is 8. The second-order valence-corrected chi connectivity index (χ2v) is 5.83. The Labute approximate surface area is 157 Å². The van der Waals surface area contributed by atoms with Crippen LogP contribution in [0.3, 0.4) is 0 Å². The van der Waals surface area contributed by atoms with Crippen molar-refractivity contribution < 1.29 is 9.02 Å². The third-order valence-corrected chi connectivity index (χ3v) is 3.69. The Bertz CT molecular complexity index is 1110. The number of benzene rings is 2. The minimum Gasteiger partial charge on any atom is -0.337 e. The molecule has 0 spiro atoms. The Hall–Kier alpha value is -3.59.